The molecule has 2 rings (SSSR count). The van der Waals surface area contributed by atoms with E-state index in [1.807, 2.05) is 0 Å². The van der Waals surface area contributed by atoms with Gasteiger partial charge in [-0.05, 0) is 41.9 Å². The van der Waals surface area contributed by atoms with Gasteiger partial charge in [-0.3, -0.25) is 0 Å². The standard InChI is InChI=1S/C13H19N/c1-9(2)12-5-3-4-10-8-11(14)6-7-13(10)12/h3-5,9,11H,6-8,14H2,1-2H3. The summed E-state index contributed by atoms with van der Waals surface area (Å²) in [5, 5.41) is 0. The van der Waals surface area contributed by atoms with Crippen molar-refractivity contribution in [3.05, 3.63) is 34.9 Å². The van der Waals surface area contributed by atoms with E-state index in [1.54, 1.807) is 5.56 Å². The molecule has 0 aliphatic heterocycles. The summed E-state index contributed by atoms with van der Waals surface area (Å²) >= 11 is 0. The summed E-state index contributed by atoms with van der Waals surface area (Å²) in [5.41, 5.74) is 10.6. The smallest absolute Gasteiger partial charge is 0.00825 e. The first kappa shape index (κ1) is 9.72. The number of hydrogen-bond donors (Lipinski definition) is 1. The molecule has 2 N–H and O–H groups in total. The largest absolute Gasteiger partial charge is 0.327 e. The second-order valence-electron chi connectivity index (χ2n) is 4.64. The molecule has 1 heteroatoms. The van der Waals surface area contributed by atoms with Gasteiger partial charge in [-0.25, -0.2) is 0 Å². The van der Waals surface area contributed by atoms with Gasteiger partial charge in [0.25, 0.3) is 0 Å². The van der Waals surface area contributed by atoms with Crippen LogP contribution in [-0.4, -0.2) is 6.04 Å². The van der Waals surface area contributed by atoms with Gasteiger partial charge in [0.2, 0.25) is 0 Å². The second-order valence-corrected chi connectivity index (χ2v) is 4.64. The molecule has 76 valence electrons. The Bertz CT molecular complexity index is 328. The SMILES string of the molecule is CC(C)c1cccc2c1CCC(N)C2. The van der Waals surface area contributed by atoms with Crippen LogP contribution >= 0.6 is 0 Å². The Morgan fingerprint density at radius 2 is 2.14 bits per heavy atom. The lowest BCUT2D eigenvalue weighted by atomic mass is 9.83. The molecule has 0 spiro atoms. The first-order chi connectivity index (χ1) is 6.68. The lowest BCUT2D eigenvalue weighted by Crippen LogP contribution is -2.28. The zero-order valence-electron chi connectivity index (χ0n) is 9.09. The molecule has 1 aliphatic carbocycles. The molecule has 1 unspecified atom stereocenters. The molecule has 0 aromatic heterocycles. The summed E-state index contributed by atoms with van der Waals surface area (Å²) in [4.78, 5) is 0. The van der Waals surface area contributed by atoms with E-state index in [9.17, 15) is 0 Å². The maximum absolute atomic E-state index is 5.98. The van der Waals surface area contributed by atoms with Crippen LogP contribution in [0.15, 0.2) is 18.2 Å². The molecule has 14 heavy (non-hydrogen) atoms. The van der Waals surface area contributed by atoms with Gasteiger partial charge in [0, 0.05) is 6.04 Å². The first-order valence-electron chi connectivity index (χ1n) is 5.54. The van der Waals surface area contributed by atoms with Gasteiger partial charge in [0.15, 0.2) is 0 Å². The molecule has 0 saturated heterocycles. The van der Waals surface area contributed by atoms with Crippen molar-refractivity contribution in [2.24, 2.45) is 5.73 Å². The average Bonchev–Trinajstić information content (AvgIpc) is 2.16. The summed E-state index contributed by atoms with van der Waals surface area (Å²) in [6, 6.07) is 7.05. The van der Waals surface area contributed by atoms with Crippen molar-refractivity contribution in [1.82, 2.24) is 0 Å². The Morgan fingerprint density at radius 1 is 1.36 bits per heavy atom. The van der Waals surface area contributed by atoms with Gasteiger partial charge in [0.05, 0.1) is 0 Å². The van der Waals surface area contributed by atoms with E-state index in [-0.39, 0.29) is 0 Å². The van der Waals surface area contributed by atoms with E-state index in [2.05, 4.69) is 32.0 Å². The molecule has 0 saturated carbocycles. The van der Waals surface area contributed by atoms with Crippen molar-refractivity contribution < 1.29 is 0 Å². The predicted octanol–water partition coefficient (Wildman–Crippen LogP) is 2.63. The van der Waals surface area contributed by atoms with Crippen LogP contribution in [0.25, 0.3) is 0 Å². The van der Waals surface area contributed by atoms with E-state index < -0.39 is 0 Å². The molecule has 0 fully saturated rings. The van der Waals surface area contributed by atoms with Crippen LogP contribution in [-0.2, 0) is 12.8 Å². The van der Waals surface area contributed by atoms with Crippen molar-refractivity contribution in [2.75, 3.05) is 0 Å². The van der Waals surface area contributed by atoms with E-state index in [4.69, 9.17) is 5.73 Å². The molecular formula is C13H19N. The summed E-state index contributed by atoms with van der Waals surface area (Å²) in [5.74, 6) is 0.638. The number of nitrogens with two attached hydrogens (primary N) is 1. The minimum absolute atomic E-state index is 0.380. The first-order valence-corrected chi connectivity index (χ1v) is 5.54. The number of benzene rings is 1. The van der Waals surface area contributed by atoms with Crippen molar-refractivity contribution in [1.29, 1.82) is 0 Å². The zero-order chi connectivity index (χ0) is 10.1. The van der Waals surface area contributed by atoms with Crippen LogP contribution in [0.2, 0.25) is 0 Å². The predicted molar refractivity (Wildman–Crippen MR) is 60.5 cm³/mol. The van der Waals surface area contributed by atoms with E-state index in [1.165, 1.54) is 17.5 Å². The maximum atomic E-state index is 5.98. The lowest BCUT2D eigenvalue weighted by Gasteiger charge is -2.25. The van der Waals surface area contributed by atoms with Crippen LogP contribution in [0.4, 0.5) is 0 Å². The highest BCUT2D eigenvalue weighted by molar-refractivity contribution is 5.39. The molecule has 0 bridgehead atoms. The minimum Gasteiger partial charge on any atom is -0.327 e. The van der Waals surface area contributed by atoms with Crippen LogP contribution in [0.5, 0.6) is 0 Å². The molecule has 1 aromatic carbocycles. The van der Waals surface area contributed by atoms with Crippen molar-refractivity contribution in [2.45, 2.75) is 45.1 Å². The van der Waals surface area contributed by atoms with Gasteiger partial charge < -0.3 is 5.73 Å². The van der Waals surface area contributed by atoms with E-state index >= 15 is 0 Å². The average molecular weight is 189 g/mol. The molecule has 0 amide bonds. The maximum Gasteiger partial charge on any atom is 0.00825 e. The molecule has 0 heterocycles. The molecule has 1 atom stereocenters. The van der Waals surface area contributed by atoms with Gasteiger partial charge in [-0.2, -0.15) is 0 Å². The third kappa shape index (κ3) is 1.69. The Kier molecular flexibility index (Phi) is 2.60. The van der Waals surface area contributed by atoms with Crippen LogP contribution < -0.4 is 5.73 Å². The Morgan fingerprint density at radius 3 is 2.86 bits per heavy atom. The second kappa shape index (κ2) is 3.74. The minimum atomic E-state index is 0.380. The normalized spacial score (nSPS) is 21.0. The number of fused-ring (bicyclic) bond motifs is 1. The Hall–Kier alpha value is -0.820. The Labute approximate surface area is 86.3 Å². The van der Waals surface area contributed by atoms with Crippen LogP contribution in [0.1, 0.15) is 42.9 Å². The van der Waals surface area contributed by atoms with Crippen molar-refractivity contribution >= 4 is 0 Å². The van der Waals surface area contributed by atoms with E-state index in [0.29, 0.717) is 12.0 Å². The zero-order valence-corrected chi connectivity index (χ0v) is 9.09. The van der Waals surface area contributed by atoms with Gasteiger partial charge in [0.1, 0.15) is 0 Å². The number of hydrogen-bond acceptors (Lipinski definition) is 1. The highest BCUT2D eigenvalue weighted by Gasteiger charge is 2.18. The molecular weight excluding hydrogens is 170 g/mol. The topological polar surface area (TPSA) is 26.0 Å². The molecule has 0 radical (unpaired) electrons. The fraction of sp³-hybridized carbons (Fsp3) is 0.538. The third-order valence-electron chi connectivity index (χ3n) is 3.18. The fourth-order valence-electron chi connectivity index (χ4n) is 2.41. The molecule has 1 aromatic rings. The molecule has 1 aliphatic rings. The van der Waals surface area contributed by atoms with Crippen LogP contribution in [0, 0.1) is 0 Å². The summed E-state index contributed by atoms with van der Waals surface area (Å²) < 4.78 is 0. The van der Waals surface area contributed by atoms with Gasteiger partial charge in [-0.1, -0.05) is 32.0 Å². The van der Waals surface area contributed by atoms with Crippen molar-refractivity contribution in [3.63, 3.8) is 0 Å². The number of rotatable bonds is 1. The highest BCUT2D eigenvalue weighted by atomic mass is 14.6. The van der Waals surface area contributed by atoms with Crippen molar-refractivity contribution in [3.8, 4) is 0 Å². The summed E-state index contributed by atoms with van der Waals surface area (Å²) in [7, 11) is 0. The van der Waals surface area contributed by atoms with Crippen LogP contribution in [0.3, 0.4) is 0 Å². The lowest BCUT2D eigenvalue weighted by molar-refractivity contribution is 0.570. The monoisotopic (exact) mass is 189 g/mol. The third-order valence-corrected chi connectivity index (χ3v) is 3.18. The fourth-order valence-corrected chi connectivity index (χ4v) is 2.41. The highest BCUT2D eigenvalue weighted by Crippen LogP contribution is 2.28. The summed E-state index contributed by atoms with van der Waals surface area (Å²) in [6.07, 6.45) is 3.39. The van der Waals surface area contributed by atoms with Gasteiger partial charge in [-0.15, -0.1) is 0 Å². The quantitative estimate of drug-likeness (QED) is 0.722. The summed E-state index contributed by atoms with van der Waals surface area (Å²) in [6.45, 7) is 4.54. The van der Waals surface area contributed by atoms with E-state index in [0.717, 1.165) is 12.8 Å². The van der Waals surface area contributed by atoms with Gasteiger partial charge >= 0.3 is 0 Å². The molecule has 1 nitrogen and oxygen atoms in total. The Balaban J connectivity index is 2.41.